The van der Waals surface area contributed by atoms with Gasteiger partial charge in [-0.25, -0.2) is 12.4 Å². The summed E-state index contributed by atoms with van der Waals surface area (Å²) in [5.74, 6) is 0.177. The molecule has 144 valence electrons. The van der Waals surface area contributed by atoms with Crippen molar-refractivity contribution in [2.24, 2.45) is 0 Å². The zero-order valence-corrected chi connectivity index (χ0v) is 16.6. The normalized spacial score (nSPS) is 19.5. The molecule has 5 nitrogen and oxygen atoms in total. The van der Waals surface area contributed by atoms with Gasteiger partial charge in [-0.3, -0.25) is 4.79 Å². The standard InChI is InChI=1S/C22H22N2O3S/c1-15-8-10-16(11-9-15)28(26,27)24-18-6-3-2-5-17(18)22-19-12-13-21(25)23(19)14-4-7-20(22)24/h2-3,5-6,8-11,19H,4,7,12-14H2,1H3. The zero-order chi connectivity index (χ0) is 19.5. The lowest BCUT2D eigenvalue weighted by Gasteiger charge is -2.22. The summed E-state index contributed by atoms with van der Waals surface area (Å²) in [5.41, 5.74) is 3.59. The van der Waals surface area contributed by atoms with E-state index in [-0.39, 0.29) is 11.9 Å². The topological polar surface area (TPSA) is 59.4 Å². The van der Waals surface area contributed by atoms with Gasteiger partial charge in [0.15, 0.2) is 0 Å². The van der Waals surface area contributed by atoms with E-state index in [2.05, 4.69) is 0 Å². The van der Waals surface area contributed by atoms with E-state index in [1.807, 2.05) is 48.2 Å². The average Bonchev–Trinajstić information content (AvgIpc) is 3.13. The molecule has 1 fully saturated rings. The molecule has 2 aromatic carbocycles. The van der Waals surface area contributed by atoms with Gasteiger partial charge in [-0.2, -0.15) is 0 Å². The second kappa shape index (κ2) is 6.21. The second-order valence-electron chi connectivity index (χ2n) is 7.71. The number of carbonyl (C=O) groups excluding carboxylic acids is 1. The SMILES string of the molecule is Cc1ccc(S(=O)(=O)n2c3c(c4ccccc42)C2CCC(=O)N2CCC3)cc1. The fourth-order valence-corrected chi connectivity index (χ4v) is 6.31. The Hall–Kier alpha value is -2.60. The Morgan fingerprint density at radius 3 is 2.54 bits per heavy atom. The average molecular weight is 394 g/mol. The van der Waals surface area contributed by atoms with Crippen molar-refractivity contribution in [3.8, 4) is 0 Å². The molecule has 0 spiro atoms. The van der Waals surface area contributed by atoms with E-state index in [0.29, 0.717) is 29.8 Å². The Bertz CT molecular complexity index is 1190. The van der Waals surface area contributed by atoms with Gasteiger partial charge < -0.3 is 4.90 Å². The minimum absolute atomic E-state index is 0.0237. The van der Waals surface area contributed by atoms with E-state index < -0.39 is 10.0 Å². The van der Waals surface area contributed by atoms with Crippen molar-refractivity contribution in [1.82, 2.24) is 8.87 Å². The molecule has 0 aliphatic carbocycles. The van der Waals surface area contributed by atoms with Crippen LogP contribution in [-0.2, 0) is 21.2 Å². The van der Waals surface area contributed by atoms with Crippen molar-refractivity contribution in [3.63, 3.8) is 0 Å². The molecule has 3 heterocycles. The Labute approximate surface area is 164 Å². The van der Waals surface area contributed by atoms with Crippen LogP contribution in [0.15, 0.2) is 53.4 Å². The van der Waals surface area contributed by atoms with E-state index in [4.69, 9.17) is 0 Å². The monoisotopic (exact) mass is 394 g/mol. The Morgan fingerprint density at radius 2 is 1.75 bits per heavy atom. The molecule has 6 heteroatoms. The number of carbonyl (C=O) groups is 1. The van der Waals surface area contributed by atoms with Crippen LogP contribution in [0.2, 0.25) is 0 Å². The predicted molar refractivity (Wildman–Crippen MR) is 108 cm³/mol. The number of aromatic nitrogens is 1. The second-order valence-corrected chi connectivity index (χ2v) is 9.49. The Balaban J connectivity index is 1.81. The number of nitrogens with zero attached hydrogens (tertiary/aromatic N) is 2. The van der Waals surface area contributed by atoms with E-state index in [1.165, 1.54) is 3.97 Å². The quantitative estimate of drug-likeness (QED) is 0.664. The largest absolute Gasteiger partial charge is 0.336 e. The van der Waals surface area contributed by atoms with Crippen LogP contribution < -0.4 is 0 Å². The molecule has 1 unspecified atom stereocenters. The van der Waals surface area contributed by atoms with E-state index in [0.717, 1.165) is 35.0 Å². The first-order valence-corrected chi connectivity index (χ1v) is 11.2. The van der Waals surface area contributed by atoms with Crippen LogP contribution >= 0.6 is 0 Å². The van der Waals surface area contributed by atoms with Crippen LogP contribution in [0.25, 0.3) is 10.9 Å². The van der Waals surface area contributed by atoms with E-state index in [1.54, 1.807) is 12.1 Å². The lowest BCUT2D eigenvalue weighted by Crippen LogP contribution is -2.27. The van der Waals surface area contributed by atoms with Gasteiger partial charge in [-0.05, 0) is 44.4 Å². The third-order valence-electron chi connectivity index (χ3n) is 6.00. The molecule has 0 saturated carbocycles. The van der Waals surface area contributed by atoms with Crippen LogP contribution in [0.1, 0.15) is 42.1 Å². The first-order valence-electron chi connectivity index (χ1n) is 9.72. The highest BCUT2D eigenvalue weighted by atomic mass is 32.2. The summed E-state index contributed by atoms with van der Waals surface area (Å²) in [7, 11) is -3.73. The third kappa shape index (κ3) is 2.44. The molecule has 1 aromatic heterocycles. The summed E-state index contributed by atoms with van der Waals surface area (Å²) in [4.78, 5) is 14.6. The molecule has 0 N–H and O–H groups in total. The molecular formula is C22H22N2O3S. The van der Waals surface area contributed by atoms with Crippen LogP contribution in [-0.4, -0.2) is 29.7 Å². The van der Waals surface area contributed by atoms with Gasteiger partial charge in [0.05, 0.1) is 16.5 Å². The molecule has 1 amide bonds. The fourth-order valence-electron chi connectivity index (χ4n) is 4.72. The summed E-state index contributed by atoms with van der Waals surface area (Å²) in [5, 5.41) is 0.944. The van der Waals surface area contributed by atoms with Crippen molar-refractivity contribution in [2.45, 2.75) is 43.5 Å². The Morgan fingerprint density at radius 1 is 1.00 bits per heavy atom. The summed E-state index contributed by atoms with van der Waals surface area (Å²) >= 11 is 0. The third-order valence-corrected chi connectivity index (χ3v) is 7.77. The first kappa shape index (κ1) is 17.5. The van der Waals surface area contributed by atoms with Crippen molar-refractivity contribution in [1.29, 1.82) is 0 Å². The summed E-state index contributed by atoms with van der Waals surface area (Å²) < 4.78 is 28.8. The van der Waals surface area contributed by atoms with Crippen molar-refractivity contribution in [3.05, 3.63) is 65.4 Å². The van der Waals surface area contributed by atoms with Crippen molar-refractivity contribution >= 4 is 26.8 Å². The maximum atomic E-state index is 13.6. The molecular weight excluding hydrogens is 372 g/mol. The minimum Gasteiger partial charge on any atom is -0.336 e. The number of aryl methyl sites for hydroxylation is 1. The molecule has 5 rings (SSSR count). The molecule has 0 radical (unpaired) electrons. The molecule has 2 aliphatic heterocycles. The van der Waals surface area contributed by atoms with Crippen LogP contribution in [0, 0.1) is 6.92 Å². The molecule has 1 saturated heterocycles. The number of fused-ring (bicyclic) bond motifs is 5. The highest BCUT2D eigenvalue weighted by Gasteiger charge is 2.39. The minimum atomic E-state index is -3.73. The van der Waals surface area contributed by atoms with Crippen LogP contribution in [0.5, 0.6) is 0 Å². The lowest BCUT2D eigenvalue weighted by molar-refractivity contribution is -0.129. The number of benzene rings is 2. The molecule has 3 aromatic rings. The Kier molecular flexibility index (Phi) is 3.88. The number of hydrogen-bond acceptors (Lipinski definition) is 3. The summed E-state index contributed by atoms with van der Waals surface area (Å²) in [6.07, 6.45) is 2.71. The number of para-hydroxylation sites is 1. The maximum Gasteiger partial charge on any atom is 0.268 e. The van der Waals surface area contributed by atoms with Crippen LogP contribution in [0.4, 0.5) is 0 Å². The van der Waals surface area contributed by atoms with Gasteiger partial charge >= 0.3 is 0 Å². The molecule has 28 heavy (non-hydrogen) atoms. The highest BCUT2D eigenvalue weighted by molar-refractivity contribution is 7.90. The number of hydrogen-bond donors (Lipinski definition) is 0. The number of rotatable bonds is 2. The maximum absolute atomic E-state index is 13.6. The summed E-state index contributed by atoms with van der Waals surface area (Å²) in [6.45, 7) is 2.64. The van der Waals surface area contributed by atoms with Gasteiger partial charge in [0.25, 0.3) is 10.0 Å². The molecule has 2 aliphatic rings. The molecule has 0 bridgehead atoms. The fraction of sp³-hybridized carbons (Fsp3) is 0.318. The molecule has 1 atom stereocenters. The predicted octanol–water partition coefficient (Wildman–Crippen LogP) is 3.80. The lowest BCUT2D eigenvalue weighted by atomic mass is 10.0. The van der Waals surface area contributed by atoms with E-state index in [9.17, 15) is 13.2 Å². The highest BCUT2D eigenvalue weighted by Crippen LogP contribution is 2.43. The smallest absolute Gasteiger partial charge is 0.268 e. The summed E-state index contributed by atoms with van der Waals surface area (Å²) in [6, 6.07) is 14.7. The van der Waals surface area contributed by atoms with Gasteiger partial charge in [0.1, 0.15) is 0 Å². The van der Waals surface area contributed by atoms with Gasteiger partial charge in [-0.15, -0.1) is 0 Å². The van der Waals surface area contributed by atoms with Crippen LogP contribution in [0.3, 0.4) is 0 Å². The van der Waals surface area contributed by atoms with E-state index >= 15 is 0 Å². The van der Waals surface area contributed by atoms with Gasteiger partial charge in [-0.1, -0.05) is 35.9 Å². The van der Waals surface area contributed by atoms with Gasteiger partial charge in [0.2, 0.25) is 5.91 Å². The van der Waals surface area contributed by atoms with Gasteiger partial charge in [0, 0.05) is 29.6 Å². The first-order chi connectivity index (χ1) is 13.5. The van der Waals surface area contributed by atoms with Crippen molar-refractivity contribution < 1.29 is 13.2 Å². The zero-order valence-electron chi connectivity index (χ0n) is 15.8. The van der Waals surface area contributed by atoms with Crippen molar-refractivity contribution in [2.75, 3.05) is 6.54 Å². The number of amides is 1.